The second kappa shape index (κ2) is 6.68. The number of ether oxygens (including phenoxy) is 3. The van der Waals surface area contributed by atoms with Crippen LogP contribution in [0.4, 0.5) is 0 Å². The third kappa shape index (κ3) is 6.35. The van der Waals surface area contributed by atoms with Crippen molar-refractivity contribution in [3.05, 3.63) is 0 Å². The summed E-state index contributed by atoms with van der Waals surface area (Å²) >= 11 is -4.86. The second-order valence-corrected chi connectivity index (χ2v) is 6.26. The van der Waals surface area contributed by atoms with Crippen LogP contribution in [-0.4, -0.2) is 48.2 Å². The summed E-state index contributed by atoms with van der Waals surface area (Å²) in [7, 11) is 0. The molecule has 0 atom stereocenters. The van der Waals surface area contributed by atoms with E-state index in [9.17, 15) is 3.74 Å². The topological polar surface area (TPSA) is 85.2 Å². The summed E-state index contributed by atoms with van der Waals surface area (Å²) in [4.78, 5) is 0. The van der Waals surface area contributed by atoms with Crippen molar-refractivity contribution in [2.24, 2.45) is 0 Å². The SMILES string of the molecule is CCOC(C[As](=O)(O)O)(OCC)OCC. The molecule has 0 rings (SSSR count). The number of hydrogen-bond acceptors (Lipinski definition) is 4. The van der Waals surface area contributed by atoms with Crippen molar-refractivity contribution in [3.63, 3.8) is 0 Å². The van der Waals surface area contributed by atoms with Gasteiger partial charge in [0.15, 0.2) is 0 Å². The van der Waals surface area contributed by atoms with E-state index in [4.69, 9.17) is 22.4 Å². The molecule has 0 saturated carbocycles. The zero-order valence-electron chi connectivity index (χ0n) is 9.30. The van der Waals surface area contributed by atoms with Crippen LogP contribution in [0.25, 0.3) is 0 Å². The van der Waals surface area contributed by atoms with Crippen LogP contribution in [0.3, 0.4) is 0 Å². The molecule has 0 radical (unpaired) electrons. The van der Waals surface area contributed by atoms with Crippen molar-refractivity contribution < 1.29 is 26.1 Å². The van der Waals surface area contributed by atoms with Gasteiger partial charge in [-0.1, -0.05) is 0 Å². The van der Waals surface area contributed by atoms with Crippen LogP contribution >= 0.6 is 0 Å². The van der Waals surface area contributed by atoms with E-state index < -0.39 is 25.4 Å². The zero-order valence-corrected chi connectivity index (χ0v) is 11.2. The standard InChI is InChI=1S/C8H19AsO6/c1-4-13-8(14-5-2,15-6-3)7-9(10,11)12/h4-7H2,1-3H3,(H2,10,11,12). The quantitative estimate of drug-likeness (QED) is 0.486. The van der Waals surface area contributed by atoms with E-state index in [2.05, 4.69) is 0 Å². The molecule has 0 unspecified atom stereocenters. The van der Waals surface area contributed by atoms with Crippen molar-refractivity contribution in [1.82, 2.24) is 0 Å². The van der Waals surface area contributed by atoms with Gasteiger partial charge in [0.25, 0.3) is 0 Å². The summed E-state index contributed by atoms with van der Waals surface area (Å²) in [5, 5.41) is -0.541. The van der Waals surface area contributed by atoms with Crippen molar-refractivity contribution in [2.45, 2.75) is 32.0 Å². The van der Waals surface area contributed by atoms with Gasteiger partial charge in [-0.25, -0.2) is 0 Å². The summed E-state index contributed by atoms with van der Waals surface area (Å²) in [6.07, 6.45) is 0. The van der Waals surface area contributed by atoms with Gasteiger partial charge >= 0.3 is 92.1 Å². The Balaban J connectivity index is 4.67. The predicted octanol–water partition coefficient (Wildman–Crippen LogP) is 0.104. The van der Waals surface area contributed by atoms with Gasteiger partial charge in [-0.2, -0.15) is 0 Å². The molecule has 0 aromatic carbocycles. The van der Waals surface area contributed by atoms with Crippen molar-refractivity contribution in [1.29, 1.82) is 0 Å². The van der Waals surface area contributed by atoms with E-state index in [1.54, 1.807) is 20.8 Å². The van der Waals surface area contributed by atoms with Crippen LogP contribution in [0, 0.1) is 0 Å². The third-order valence-corrected chi connectivity index (χ3v) is 3.17. The Labute approximate surface area is 92.5 Å². The van der Waals surface area contributed by atoms with Gasteiger partial charge in [0.2, 0.25) is 0 Å². The fourth-order valence-electron chi connectivity index (χ4n) is 1.17. The first kappa shape index (κ1) is 15.2. The zero-order chi connectivity index (χ0) is 11.9. The molecule has 0 aromatic heterocycles. The molecule has 0 aliphatic rings. The monoisotopic (exact) mass is 286 g/mol. The van der Waals surface area contributed by atoms with Gasteiger partial charge in [-0.15, -0.1) is 0 Å². The van der Waals surface area contributed by atoms with Gasteiger partial charge in [-0.05, 0) is 0 Å². The minimum absolute atomic E-state index is 0.260. The Bertz CT molecular complexity index is 196. The average Bonchev–Trinajstić information content (AvgIpc) is 2.01. The Kier molecular flexibility index (Phi) is 6.75. The first-order valence-corrected chi connectivity index (χ1v) is 8.62. The summed E-state index contributed by atoms with van der Waals surface area (Å²) < 4.78 is 44.4. The van der Waals surface area contributed by atoms with Crippen molar-refractivity contribution in [2.75, 3.05) is 19.8 Å². The summed E-state index contributed by atoms with van der Waals surface area (Å²) in [5.41, 5.74) is 0. The molecule has 2 N–H and O–H groups in total. The fraction of sp³-hybridized carbons (Fsp3) is 1.00. The predicted molar refractivity (Wildman–Crippen MR) is 53.3 cm³/mol. The van der Waals surface area contributed by atoms with E-state index >= 15 is 0 Å². The molecule has 0 bridgehead atoms. The average molecular weight is 286 g/mol. The molecular weight excluding hydrogens is 267 g/mol. The maximum absolute atomic E-state index is 11.0. The first-order valence-electron chi connectivity index (χ1n) is 4.85. The molecule has 0 aliphatic carbocycles. The van der Waals surface area contributed by atoms with Crippen LogP contribution < -0.4 is 0 Å². The van der Waals surface area contributed by atoms with Gasteiger partial charge in [0.05, 0.1) is 0 Å². The Morgan fingerprint density at radius 3 is 1.53 bits per heavy atom. The minimum atomic E-state index is -4.86. The van der Waals surface area contributed by atoms with Crippen LogP contribution in [0.15, 0.2) is 0 Å². The third-order valence-electron chi connectivity index (χ3n) is 1.49. The van der Waals surface area contributed by atoms with Gasteiger partial charge < -0.3 is 0 Å². The molecule has 15 heavy (non-hydrogen) atoms. The van der Waals surface area contributed by atoms with Crippen molar-refractivity contribution in [3.8, 4) is 0 Å². The fourth-order valence-corrected chi connectivity index (χ4v) is 2.81. The molecule has 0 fully saturated rings. The molecule has 6 nitrogen and oxygen atoms in total. The summed E-state index contributed by atoms with van der Waals surface area (Å²) in [6, 6.07) is 0. The maximum atomic E-state index is 11.0. The van der Waals surface area contributed by atoms with Crippen molar-refractivity contribution >= 4 is 14.2 Å². The summed E-state index contributed by atoms with van der Waals surface area (Å²) in [6.45, 7) is 5.90. The van der Waals surface area contributed by atoms with Crippen LogP contribution in [0.1, 0.15) is 20.8 Å². The molecule has 7 heteroatoms. The summed E-state index contributed by atoms with van der Waals surface area (Å²) in [5.74, 6) is -1.60. The number of rotatable bonds is 8. The van der Waals surface area contributed by atoms with E-state index in [1.165, 1.54) is 0 Å². The van der Waals surface area contributed by atoms with Gasteiger partial charge in [0.1, 0.15) is 0 Å². The first-order chi connectivity index (χ1) is 6.89. The Hall–Kier alpha value is 0.158. The van der Waals surface area contributed by atoms with Gasteiger partial charge in [0, 0.05) is 0 Å². The molecule has 0 aliphatic heterocycles. The van der Waals surface area contributed by atoms with Crippen LogP contribution in [-0.2, 0) is 18.0 Å². The molecule has 0 amide bonds. The normalized spacial score (nSPS) is 13.1. The molecule has 0 spiro atoms. The van der Waals surface area contributed by atoms with E-state index in [0.29, 0.717) is 0 Å². The Morgan fingerprint density at radius 1 is 1.00 bits per heavy atom. The van der Waals surface area contributed by atoms with E-state index in [0.717, 1.165) is 0 Å². The second-order valence-electron chi connectivity index (χ2n) is 2.80. The van der Waals surface area contributed by atoms with Crippen LogP contribution in [0.2, 0.25) is 5.21 Å². The molecule has 0 saturated heterocycles. The molecule has 0 aromatic rings. The van der Waals surface area contributed by atoms with Crippen LogP contribution in [0.5, 0.6) is 0 Å². The molecule has 0 heterocycles. The Morgan fingerprint density at radius 2 is 1.33 bits per heavy atom. The number of hydrogen-bond donors (Lipinski definition) is 2. The van der Waals surface area contributed by atoms with Gasteiger partial charge in [-0.3, -0.25) is 0 Å². The molecular formula is C8H19AsO6. The van der Waals surface area contributed by atoms with E-state index in [1.807, 2.05) is 0 Å². The van der Waals surface area contributed by atoms with E-state index in [-0.39, 0.29) is 19.8 Å². The molecule has 92 valence electrons.